The maximum atomic E-state index is 5.49. The zero-order valence-electron chi connectivity index (χ0n) is 15.7. The van der Waals surface area contributed by atoms with Gasteiger partial charge in [0.05, 0.1) is 13.2 Å². The van der Waals surface area contributed by atoms with Gasteiger partial charge in [-0.15, -0.1) is 11.3 Å². The third-order valence-electron chi connectivity index (χ3n) is 4.12. The molecular formula is C20H25N3O2S. The predicted molar refractivity (Wildman–Crippen MR) is 104 cm³/mol. The Morgan fingerprint density at radius 3 is 2.50 bits per heavy atom. The van der Waals surface area contributed by atoms with E-state index in [-0.39, 0.29) is 0 Å². The Hall–Kier alpha value is -2.18. The highest BCUT2D eigenvalue weighted by Crippen LogP contribution is 2.22. The maximum absolute atomic E-state index is 5.49. The zero-order chi connectivity index (χ0) is 18.5. The quantitative estimate of drug-likeness (QED) is 0.563. The molecule has 0 saturated heterocycles. The smallest absolute Gasteiger partial charge is 0.241 e. The summed E-state index contributed by atoms with van der Waals surface area (Å²) in [4.78, 5) is 9.58. The van der Waals surface area contributed by atoms with Crippen molar-refractivity contribution in [1.82, 2.24) is 15.0 Å². The van der Waals surface area contributed by atoms with Crippen LogP contribution in [0.3, 0.4) is 0 Å². The molecule has 6 heteroatoms. The maximum Gasteiger partial charge on any atom is 0.241 e. The third-order valence-corrected chi connectivity index (χ3v) is 5.10. The molecule has 0 radical (unpaired) electrons. The molecule has 26 heavy (non-hydrogen) atoms. The second-order valence-electron chi connectivity index (χ2n) is 6.48. The summed E-state index contributed by atoms with van der Waals surface area (Å²) < 4.78 is 11.0. The number of benzene rings is 1. The van der Waals surface area contributed by atoms with E-state index < -0.39 is 0 Å². The Balaban J connectivity index is 1.69. The molecule has 0 aliphatic heterocycles. The number of nitrogens with zero attached hydrogens (tertiary/aromatic N) is 3. The number of aryl methyl sites for hydroxylation is 1. The van der Waals surface area contributed by atoms with Crippen LogP contribution in [0.5, 0.6) is 5.75 Å². The summed E-state index contributed by atoms with van der Waals surface area (Å²) in [5.74, 6) is 2.09. The highest BCUT2D eigenvalue weighted by molar-refractivity contribution is 7.11. The molecule has 5 nitrogen and oxygen atoms in total. The summed E-state index contributed by atoms with van der Waals surface area (Å²) in [7, 11) is 0. The Morgan fingerprint density at radius 2 is 1.88 bits per heavy atom. The minimum atomic E-state index is 0.387. The van der Waals surface area contributed by atoms with Crippen LogP contribution in [0.1, 0.15) is 36.4 Å². The Labute approximate surface area is 158 Å². The van der Waals surface area contributed by atoms with Crippen LogP contribution >= 0.6 is 11.3 Å². The standard InChI is InChI=1S/C20H25N3O2S/c1-5-24-17-9-7-16(8-10-17)20-21-19(25-22-20)13-23(14(2)3)12-18-11-6-15(4)26-18/h6-11,14H,5,12-13H2,1-4H3. The molecule has 2 heterocycles. The molecular weight excluding hydrogens is 346 g/mol. The Kier molecular flexibility index (Phi) is 6.06. The van der Waals surface area contributed by atoms with Crippen LogP contribution in [0.25, 0.3) is 11.4 Å². The average Bonchev–Trinajstić information content (AvgIpc) is 3.24. The van der Waals surface area contributed by atoms with Crippen molar-refractivity contribution >= 4 is 11.3 Å². The van der Waals surface area contributed by atoms with Crippen LogP contribution in [0.15, 0.2) is 40.9 Å². The number of thiophene rings is 1. The van der Waals surface area contributed by atoms with Gasteiger partial charge >= 0.3 is 0 Å². The van der Waals surface area contributed by atoms with Gasteiger partial charge in [-0.3, -0.25) is 4.90 Å². The first-order valence-corrected chi connectivity index (χ1v) is 9.72. The summed E-state index contributed by atoms with van der Waals surface area (Å²) in [5, 5.41) is 4.13. The highest BCUT2D eigenvalue weighted by Gasteiger charge is 2.17. The van der Waals surface area contributed by atoms with Crippen molar-refractivity contribution in [2.45, 2.75) is 46.8 Å². The van der Waals surface area contributed by atoms with Gasteiger partial charge in [-0.2, -0.15) is 4.98 Å². The first-order chi connectivity index (χ1) is 12.5. The van der Waals surface area contributed by atoms with E-state index in [2.05, 4.69) is 47.9 Å². The van der Waals surface area contributed by atoms with Gasteiger partial charge in [0.15, 0.2) is 0 Å². The van der Waals surface area contributed by atoms with E-state index in [1.54, 1.807) is 0 Å². The van der Waals surface area contributed by atoms with Gasteiger partial charge in [0.25, 0.3) is 0 Å². The fraction of sp³-hybridized carbons (Fsp3) is 0.400. The molecule has 0 aliphatic rings. The molecule has 0 spiro atoms. The van der Waals surface area contributed by atoms with Crippen LogP contribution in [0.4, 0.5) is 0 Å². The van der Waals surface area contributed by atoms with Crippen molar-refractivity contribution in [3.8, 4) is 17.1 Å². The van der Waals surface area contributed by atoms with Gasteiger partial charge in [-0.05, 0) is 64.1 Å². The summed E-state index contributed by atoms with van der Waals surface area (Å²) >= 11 is 1.83. The molecule has 0 unspecified atom stereocenters. The van der Waals surface area contributed by atoms with Crippen molar-refractivity contribution in [1.29, 1.82) is 0 Å². The Morgan fingerprint density at radius 1 is 1.12 bits per heavy atom. The molecule has 0 amide bonds. The minimum absolute atomic E-state index is 0.387. The predicted octanol–water partition coefficient (Wildman–Crippen LogP) is 4.92. The van der Waals surface area contributed by atoms with Gasteiger partial charge in [0.2, 0.25) is 11.7 Å². The molecule has 0 fully saturated rings. The molecule has 0 bridgehead atoms. The second kappa shape index (κ2) is 8.47. The number of aromatic nitrogens is 2. The lowest BCUT2D eigenvalue weighted by Gasteiger charge is -2.23. The van der Waals surface area contributed by atoms with Crippen LogP contribution < -0.4 is 4.74 Å². The van der Waals surface area contributed by atoms with Crippen LogP contribution in [-0.2, 0) is 13.1 Å². The number of ether oxygens (including phenoxy) is 1. The average molecular weight is 372 g/mol. The van der Waals surface area contributed by atoms with Crippen molar-refractivity contribution < 1.29 is 9.26 Å². The molecule has 138 valence electrons. The molecule has 1 aromatic carbocycles. The molecule has 3 aromatic rings. The summed E-state index contributed by atoms with van der Waals surface area (Å²) in [6.07, 6.45) is 0. The molecule has 2 aromatic heterocycles. The first kappa shape index (κ1) is 18.6. The lowest BCUT2D eigenvalue weighted by molar-refractivity contribution is 0.178. The SMILES string of the molecule is CCOc1ccc(-c2noc(CN(Cc3ccc(C)s3)C(C)C)n2)cc1. The van der Waals surface area contributed by atoms with E-state index in [1.807, 2.05) is 42.5 Å². The molecule has 0 atom stereocenters. The largest absolute Gasteiger partial charge is 0.494 e. The molecule has 0 saturated carbocycles. The lowest BCUT2D eigenvalue weighted by Crippen LogP contribution is -2.29. The summed E-state index contributed by atoms with van der Waals surface area (Å²) in [6, 6.07) is 12.5. The van der Waals surface area contributed by atoms with E-state index in [9.17, 15) is 0 Å². The topological polar surface area (TPSA) is 51.4 Å². The van der Waals surface area contributed by atoms with Gasteiger partial charge in [0.1, 0.15) is 5.75 Å². The van der Waals surface area contributed by atoms with Crippen LogP contribution in [0.2, 0.25) is 0 Å². The number of hydrogen-bond acceptors (Lipinski definition) is 6. The van der Waals surface area contributed by atoms with E-state index in [0.717, 1.165) is 17.9 Å². The Bertz CT molecular complexity index is 824. The summed E-state index contributed by atoms with van der Waals surface area (Å²) in [5.41, 5.74) is 0.924. The monoisotopic (exact) mass is 371 g/mol. The van der Waals surface area contributed by atoms with Gasteiger partial charge < -0.3 is 9.26 Å². The minimum Gasteiger partial charge on any atom is -0.494 e. The molecule has 3 rings (SSSR count). The third kappa shape index (κ3) is 4.71. The summed E-state index contributed by atoms with van der Waals surface area (Å²) in [6.45, 7) is 10.6. The normalized spacial score (nSPS) is 11.5. The fourth-order valence-corrected chi connectivity index (χ4v) is 3.58. The zero-order valence-corrected chi connectivity index (χ0v) is 16.5. The van der Waals surface area contributed by atoms with Crippen molar-refractivity contribution in [3.63, 3.8) is 0 Å². The fourth-order valence-electron chi connectivity index (χ4n) is 2.67. The van der Waals surface area contributed by atoms with Crippen LogP contribution in [-0.4, -0.2) is 27.7 Å². The van der Waals surface area contributed by atoms with E-state index in [0.29, 0.717) is 30.9 Å². The van der Waals surface area contributed by atoms with Gasteiger partial charge in [0, 0.05) is 27.9 Å². The number of hydrogen-bond donors (Lipinski definition) is 0. The lowest BCUT2D eigenvalue weighted by atomic mass is 10.2. The van der Waals surface area contributed by atoms with Crippen LogP contribution in [0, 0.1) is 6.92 Å². The molecule has 0 aliphatic carbocycles. The van der Waals surface area contributed by atoms with E-state index in [4.69, 9.17) is 9.26 Å². The highest BCUT2D eigenvalue weighted by atomic mass is 32.1. The van der Waals surface area contributed by atoms with E-state index in [1.165, 1.54) is 9.75 Å². The van der Waals surface area contributed by atoms with Gasteiger partial charge in [-0.1, -0.05) is 5.16 Å². The van der Waals surface area contributed by atoms with E-state index >= 15 is 0 Å². The second-order valence-corrected chi connectivity index (χ2v) is 7.85. The number of rotatable bonds is 8. The van der Waals surface area contributed by atoms with Crippen molar-refractivity contribution in [2.75, 3.05) is 6.61 Å². The first-order valence-electron chi connectivity index (χ1n) is 8.90. The van der Waals surface area contributed by atoms with Crippen molar-refractivity contribution in [3.05, 3.63) is 52.0 Å². The molecule has 0 N–H and O–H groups in total. The van der Waals surface area contributed by atoms with Crippen molar-refractivity contribution in [2.24, 2.45) is 0 Å². The van der Waals surface area contributed by atoms with Gasteiger partial charge in [-0.25, -0.2) is 0 Å².